The van der Waals surface area contributed by atoms with Crippen molar-refractivity contribution in [3.05, 3.63) is 46.2 Å². The predicted molar refractivity (Wildman–Crippen MR) is 79.4 cm³/mol. The summed E-state index contributed by atoms with van der Waals surface area (Å²) in [6.07, 6.45) is 0. The largest absolute Gasteiger partial charge is 0.396 e. The number of aryl methyl sites for hydroxylation is 1. The van der Waals surface area contributed by atoms with Crippen molar-refractivity contribution in [3.63, 3.8) is 0 Å². The maximum absolute atomic E-state index is 11.9. The minimum Gasteiger partial charge on any atom is -0.396 e. The minimum absolute atomic E-state index is 0.106. The lowest BCUT2D eigenvalue weighted by Gasteiger charge is -2.07. The molecule has 0 saturated carbocycles. The number of carbonyl (C=O) groups is 1. The number of hydrogen-bond acceptors (Lipinski definition) is 3. The van der Waals surface area contributed by atoms with E-state index in [-0.39, 0.29) is 12.5 Å². The van der Waals surface area contributed by atoms with Gasteiger partial charge in [-0.3, -0.25) is 9.48 Å². The topological polar surface area (TPSA) is 72.9 Å². The van der Waals surface area contributed by atoms with Gasteiger partial charge in [-0.1, -0.05) is 23.7 Å². The third kappa shape index (κ3) is 3.30. The lowest BCUT2D eigenvalue weighted by Crippen LogP contribution is -2.28. The Kier molecular flexibility index (Phi) is 4.29. The lowest BCUT2D eigenvalue weighted by atomic mass is 10.2. The maximum Gasteiger partial charge on any atom is 0.242 e. The predicted octanol–water partition coefficient (Wildman–Crippen LogP) is 2.05. The van der Waals surface area contributed by atoms with Gasteiger partial charge >= 0.3 is 0 Å². The molecule has 0 fully saturated rings. The van der Waals surface area contributed by atoms with Crippen molar-refractivity contribution in [2.24, 2.45) is 0 Å². The first-order valence-corrected chi connectivity index (χ1v) is 6.66. The van der Waals surface area contributed by atoms with Crippen molar-refractivity contribution in [1.82, 2.24) is 15.1 Å². The van der Waals surface area contributed by atoms with E-state index < -0.39 is 0 Å². The third-order valence-electron chi connectivity index (χ3n) is 3.13. The summed E-state index contributed by atoms with van der Waals surface area (Å²) in [6, 6.07) is 7.35. The molecule has 1 amide bonds. The maximum atomic E-state index is 11.9. The molecule has 5 nitrogen and oxygen atoms in total. The molecule has 6 heteroatoms. The van der Waals surface area contributed by atoms with Crippen LogP contribution in [0.15, 0.2) is 24.3 Å². The number of anilines is 1. The number of hydrogen-bond donors (Lipinski definition) is 2. The van der Waals surface area contributed by atoms with Crippen LogP contribution >= 0.6 is 11.6 Å². The summed E-state index contributed by atoms with van der Waals surface area (Å²) in [4.78, 5) is 11.9. The van der Waals surface area contributed by atoms with Gasteiger partial charge < -0.3 is 11.1 Å². The average molecular weight is 293 g/mol. The Morgan fingerprint density at radius 3 is 2.55 bits per heavy atom. The third-order valence-corrected chi connectivity index (χ3v) is 3.39. The fraction of sp³-hybridized carbons (Fsp3) is 0.286. The molecule has 1 aromatic heterocycles. The van der Waals surface area contributed by atoms with E-state index in [9.17, 15) is 4.79 Å². The highest BCUT2D eigenvalue weighted by atomic mass is 35.5. The monoisotopic (exact) mass is 292 g/mol. The second-order valence-corrected chi connectivity index (χ2v) is 5.08. The average Bonchev–Trinajstić information content (AvgIpc) is 2.66. The van der Waals surface area contributed by atoms with Crippen LogP contribution in [-0.2, 0) is 17.9 Å². The molecule has 2 aromatic rings. The Hall–Kier alpha value is -2.01. The number of rotatable bonds is 4. The molecule has 20 heavy (non-hydrogen) atoms. The van der Waals surface area contributed by atoms with Crippen LogP contribution < -0.4 is 11.1 Å². The zero-order valence-electron chi connectivity index (χ0n) is 11.5. The molecule has 1 heterocycles. The van der Waals surface area contributed by atoms with Crippen molar-refractivity contribution in [1.29, 1.82) is 0 Å². The molecule has 106 valence electrons. The standard InChI is InChI=1S/C14H17ClN4O/c1-9-14(16)10(2)19(18-9)8-13(20)17-7-11-3-5-12(15)6-4-11/h3-6H,7-8,16H2,1-2H3,(H,17,20). The summed E-state index contributed by atoms with van der Waals surface area (Å²) >= 11 is 5.81. The van der Waals surface area contributed by atoms with E-state index in [0.717, 1.165) is 17.0 Å². The van der Waals surface area contributed by atoms with Crippen LogP contribution in [0, 0.1) is 13.8 Å². The molecule has 0 unspecified atom stereocenters. The Balaban J connectivity index is 1.92. The first-order chi connectivity index (χ1) is 9.47. The van der Waals surface area contributed by atoms with E-state index in [2.05, 4.69) is 10.4 Å². The Labute approximate surface area is 122 Å². The molecule has 0 aliphatic heterocycles. The van der Waals surface area contributed by atoms with Crippen molar-refractivity contribution in [2.45, 2.75) is 26.9 Å². The Bertz CT molecular complexity index is 619. The molecule has 0 saturated heterocycles. The van der Waals surface area contributed by atoms with E-state index in [0.29, 0.717) is 17.3 Å². The van der Waals surface area contributed by atoms with Gasteiger partial charge in [-0.25, -0.2) is 0 Å². The van der Waals surface area contributed by atoms with Gasteiger partial charge in [-0.05, 0) is 31.5 Å². The summed E-state index contributed by atoms with van der Waals surface area (Å²) in [6.45, 7) is 4.30. The van der Waals surface area contributed by atoms with E-state index in [1.165, 1.54) is 0 Å². The number of benzene rings is 1. The first kappa shape index (κ1) is 14.4. The fourth-order valence-electron chi connectivity index (χ4n) is 1.86. The number of nitrogens with two attached hydrogens (primary N) is 1. The first-order valence-electron chi connectivity index (χ1n) is 6.28. The molecule has 0 radical (unpaired) electrons. The van der Waals surface area contributed by atoms with Crippen molar-refractivity contribution < 1.29 is 4.79 Å². The lowest BCUT2D eigenvalue weighted by molar-refractivity contribution is -0.122. The molecule has 2 rings (SSSR count). The molecule has 0 spiro atoms. The number of carbonyl (C=O) groups excluding carboxylic acids is 1. The molecule has 0 bridgehead atoms. The second-order valence-electron chi connectivity index (χ2n) is 4.65. The highest BCUT2D eigenvalue weighted by Crippen LogP contribution is 2.14. The van der Waals surface area contributed by atoms with Gasteiger partial charge in [0.1, 0.15) is 6.54 Å². The highest BCUT2D eigenvalue weighted by molar-refractivity contribution is 6.30. The molecule has 0 atom stereocenters. The van der Waals surface area contributed by atoms with Gasteiger partial charge in [-0.15, -0.1) is 0 Å². The van der Waals surface area contributed by atoms with Crippen molar-refractivity contribution in [3.8, 4) is 0 Å². The number of nitrogen functional groups attached to an aromatic ring is 1. The Morgan fingerprint density at radius 2 is 2.00 bits per heavy atom. The summed E-state index contributed by atoms with van der Waals surface area (Å²) in [5.41, 5.74) is 9.01. The number of nitrogens with one attached hydrogen (secondary N) is 1. The molecular weight excluding hydrogens is 276 g/mol. The van der Waals surface area contributed by atoms with E-state index in [1.807, 2.05) is 26.0 Å². The zero-order valence-corrected chi connectivity index (χ0v) is 12.2. The van der Waals surface area contributed by atoms with Gasteiger partial charge in [0.15, 0.2) is 0 Å². The van der Waals surface area contributed by atoms with Crippen LogP contribution in [-0.4, -0.2) is 15.7 Å². The highest BCUT2D eigenvalue weighted by Gasteiger charge is 2.11. The normalized spacial score (nSPS) is 10.6. The van der Waals surface area contributed by atoms with Crippen molar-refractivity contribution in [2.75, 3.05) is 5.73 Å². The molecule has 0 aliphatic carbocycles. The quantitative estimate of drug-likeness (QED) is 0.906. The van der Waals surface area contributed by atoms with Crippen LogP contribution in [0.4, 0.5) is 5.69 Å². The SMILES string of the molecule is Cc1nn(CC(=O)NCc2ccc(Cl)cc2)c(C)c1N. The molecule has 0 aliphatic rings. The number of amides is 1. The molecule has 1 aromatic carbocycles. The van der Waals surface area contributed by atoms with Gasteiger partial charge in [0.2, 0.25) is 5.91 Å². The van der Waals surface area contributed by atoms with E-state index in [1.54, 1.807) is 16.8 Å². The molecular formula is C14H17ClN4O. The minimum atomic E-state index is -0.106. The van der Waals surface area contributed by atoms with Gasteiger partial charge in [-0.2, -0.15) is 5.10 Å². The van der Waals surface area contributed by atoms with Crippen LogP contribution in [0.2, 0.25) is 5.02 Å². The summed E-state index contributed by atoms with van der Waals surface area (Å²) in [5.74, 6) is -0.106. The summed E-state index contributed by atoms with van der Waals surface area (Å²) in [5, 5.41) is 7.75. The summed E-state index contributed by atoms with van der Waals surface area (Å²) in [7, 11) is 0. The van der Waals surface area contributed by atoms with Gasteiger partial charge in [0.25, 0.3) is 0 Å². The number of aromatic nitrogens is 2. The van der Waals surface area contributed by atoms with Gasteiger partial charge in [0.05, 0.1) is 17.1 Å². The fourth-order valence-corrected chi connectivity index (χ4v) is 1.99. The second kappa shape index (κ2) is 5.96. The van der Waals surface area contributed by atoms with E-state index in [4.69, 9.17) is 17.3 Å². The molecule has 3 N–H and O–H groups in total. The van der Waals surface area contributed by atoms with Crippen LogP contribution in [0.25, 0.3) is 0 Å². The smallest absolute Gasteiger partial charge is 0.242 e. The zero-order chi connectivity index (χ0) is 14.7. The summed E-state index contributed by atoms with van der Waals surface area (Å²) < 4.78 is 1.61. The van der Waals surface area contributed by atoms with Crippen LogP contribution in [0.1, 0.15) is 17.0 Å². The Morgan fingerprint density at radius 1 is 1.35 bits per heavy atom. The van der Waals surface area contributed by atoms with Crippen LogP contribution in [0.5, 0.6) is 0 Å². The van der Waals surface area contributed by atoms with E-state index >= 15 is 0 Å². The number of halogens is 1. The van der Waals surface area contributed by atoms with Gasteiger partial charge in [0, 0.05) is 11.6 Å². The number of nitrogens with zero attached hydrogens (tertiary/aromatic N) is 2. The van der Waals surface area contributed by atoms with Crippen molar-refractivity contribution >= 4 is 23.2 Å². The van der Waals surface area contributed by atoms with Crippen LogP contribution in [0.3, 0.4) is 0 Å².